The van der Waals surface area contributed by atoms with E-state index in [1.54, 1.807) is 12.1 Å². The second-order valence-corrected chi connectivity index (χ2v) is 3.88. The number of benzene rings is 2. The number of nitro benzene ring substituents is 1. The lowest BCUT2D eigenvalue weighted by Gasteiger charge is -2.08. The molecule has 0 heterocycles. The van der Waals surface area contributed by atoms with Gasteiger partial charge in [0, 0.05) is 6.07 Å². The van der Waals surface area contributed by atoms with Gasteiger partial charge in [-0.05, 0) is 24.3 Å². The smallest absolute Gasteiger partial charge is 0.312 e. The van der Waals surface area contributed by atoms with Crippen LogP contribution in [0.4, 0.5) is 10.1 Å². The summed E-state index contributed by atoms with van der Waals surface area (Å²) in [5.74, 6) is -1.10. The van der Waals surface area contributed by atoms with E-state index in [0.29, 0.717) is 0 Å². The third-order valence-electron chi connectivity index (χ3n) is 2.59. The van der Waals surface area contributed by atoms with Gasteiger partial charge in [-0.25, -0.2) is 4.39 Å². The first-order chi connectivity index (χ1) is 10.1. The summed E-state index contributed by atoms with van der Waals surface area (Å²) >= 11 is 0. The Hall–Kier alpha value is -3.45. The molecule has 7 heteroatoms. The van der Waals surface area contributed by atoms with Crippen molar-refractivity contribution in [2.75, 3.05) is 0 Å². The van der Waals surface area contributed by atoms with Gasteiger partial charge < -0.3 is 4.74 Å². The summed E-state index contributed by atoms with van der Waals surface area (Å²) in [5, 5.41) is 28.6. The van der Waals surface area contributed by atoms with Gasteiger partial charge in [0.2, 0.25) is 5.75 Å². The maximum absolute atomic E-state index is 13.5. The lowest BCUT2D eigenvalue weighted by Crippen LogP contribution is -1.96. The van der Waals surface area contributed by atoms with Gasteiger partial charge in [-0.3, -0.25) is 10.1 Å². The summed E-state index contributed by atoms with van der Waals surface area (Å²) in [6.45, 7) is 0. The van der Waals surface area contributed by atoms with E-state index >= 15 is 0 Å². The van der Waals surface area contributed by atoms with Gasteiger partial charge in [-0.2, -0.15) is 10.5 Å². The minimum absolute atomic E-state index is 0.0915. The SMILES string of the molecule is N#Cc1ccc(Oc2cccc(F)c2C#N)c([N+](=O)[O-])c1. The molecule has 6 nitrogen and oxygen atoms in total. The molecular weight excluding hydrogens is 277 g/mol. The van der Waals surface area contributed by atoms with Gasteiger partial charge >= 0.3 is 5.69 Å². The molecule has 0 aliphatic carbocycles. The van der Waals surface area contributed by atoms with Crippen LogP contribution in [0, 0.1) is 38.6 Å². The Kier molecular flexibility index (Phi) is 3.78. The highest BCUT2D eigenvalue weighted by Crippen LogP contribution is 2.34. The molecule has 0 radical (unpaired) electrons. The Morgan fingerprint density at radius 3 is 2.52 bits per heavy atom. The Morgan fingerprint density at radius 2 is 1.90 bits per heavy atom. The molecule has 0 bridgehead atoms. The van der Waals surface area contributed by atoms with Crippen LogP contribution in [-0.2, 0) is 0 Å². The summed E-state index contributed by atoms with van der Waals surface area (Å²) in [6, 6.07) is 10.7. The van der Waals surface area contributed by atoms with E-state index < -0.39 is 16.4 Å². The van der Waals surface area contributed by atoms with Crippen LogP contribution in [0.5, 0.6) is 11.5 Å². The van der Waals surface area contributed by atoms with E-state index in [4.69, 9.17) is 15.3 Å². The zero-order valence-electron chi connectivity index (χ0n) is 10.4. The summed E-state index contributed by atoms with van der Waals surface area (Å²) < 4.78 is 18.7. The molecule has 2 aromatic carbocycles. The predicted octanol–water partition coefficient (Wildman–Crippen LogP) is 3.27. The van der Waals surface area contributed by atoms with Gasteiger partial charge in [0.1, 0.15) is 23.2 Å². The number of hydrogen-bond acceptors (Lipinski definition) is 5. The monoisotopic (exact) mass is 283 g/mol. The molecule has 2 aromatic rings. The molecule has 0 aliphatic rings. The van der Waals surface area contributed by atoms with Crippen molar-refractivity contribution < 1.29 is 14.1 Å². The largest absolute Gasteiger partial charge is 0.449 e. The maximum Gasteiger partial charge on any atom is 0.312 e. The summed E-state index contributed by atoms with van der Waals surface area (Å²) in [6.07, 6.45) is 0. The van der Waals surface area contributed by atoms with E-state index in [9.17, 15) is 14.5 Å². The number of halogens is 1. The van der Waals surface area contributed by atoms with E-state index in [0.717, 1.165) is 12.1 Å². The molecule has 0 spiro atoms. The molecule has 0 unspecified atom stereocenters. The first-order valence-corrected chi connectivity index (χ1v) is 5.62. The second kappa shape index (κ2) is 5.68. The van der Waals surface area contributed by atoms with Gasteiger partial charge in [0.05, 0.1) is 16.6 Å². The fourth-order valence-corrected chi connectivity index (χ4v) is 1.63. The zero-order chi connectivity index (χ0) is 15.4. The van der Waals surface area contributed by atoms with E-state index in [1.165, 1.54) is 24.3 Å². The first kappa shape index (κ1) is 14.0. The fraction of sp³-hybridized carbons (Fsp3) is 0. The molecular formula is C14H6FN3O3. The van der Waals surface area contributed by atoms with Crippen LogP contribution < -0.4 is 4.74 Å². The van der Waals surface area contributed by atoms with Crippen molar-refractivity contribution in [3.63, 3.8) is 0 Å². The third kappa shape index (κ3) is 2.77. The number of nitro groups is 1. The van der Waals surface area contributed by atoms with Gasteiger partial charge in [-0.15, -0.1) is 0 Å². The van der Waals surface area contributed by atoms with Crippen LogP contribution in [0.3, 0.4) is 0 Å². The van der Waals surface area contributed by atoms with E-state index in [-0.39, 0.29) is 22.6 Å². The molecule has 0 N–H and O–H groups in total. The lowest BCUT2D eigenvalue weighted by molar-refractivity contribution is -0.385. The van der Waals surface area contributed by atoms with Gasteiger partial charge in [-0.1, -0.05) is 6.07 Å². The molecule has 0 saturated heterocycles. The molecule has 0 aliphatic heterocycles. The molecule has 2 rings (SSSR count). The standard InChI is InChI=1S/C14H6FN3O3/c15-11-2-1-3-13(10(11)8-17)21-14-5-4-9(7-16)6-12(14)18(19)20/h1-6H. The third-order valence-corrected chi connectivity index (χ3v) is 2.59. The zero-order valence-corrected chi connectivity index (χ0v) is 10.4. The van der Waals surface area contributed by atoms with Crippen molar-refractivity contribution in [2.45, 2.75) is 0 Å². The molecule has 0 fully saturated rings. The summed E-state index contributed by atoms with van der Waals surface area (Å²) in [4.78, 5) is 10.3. The minimum Gasteiger partial charge on any atom is -0.449 e. The van der Waals surface area contributed by atoms with Gasteiger partial charge in [0.15, 0.2) is 0 Å². The summed E-state index contributed by atoms with van der Waals surface area (Å²) in [7, 11) is 0. The van der Waals surface area contributed by atoms with Gasteiger partial charge in [0.25, 0.3) is 0 Å². The normalized spacial score (nSPS) is 9.48. The highest BCUT2D eigenvalue weighted by atomic mass is 19.1. The van der Waals surface area contributed by atoms with Crippen molar-refractivity contribution in [1.82, 2.24) is 0 Å². The quantitative estimate of drug-likeness (QED) is 0.635. The molecule has 0 amide bonds. The first-order valence-electron chi connectivity index (χ1n) is 5.62. The van der Waals surface area contributed by atoms with Crippen LogP contribution in [-0.4, -0.2) is 4.92 Å². The predicted molar refractivity (Wildman–Crippen MR) is 69.0 cm³/mol. The number of ether oxygens (including phenoxy) is 1. The number of nitriles is 2. The van der Waals surface area contributed by atoms with Crippen LogP contribution in [0.25, 0.3) is 0 Å². The van der Waals surface area contributed by atoms with Crippen molar-refractivity contribution in [1.29, 1.82) is 10.5 Å². The lowest BCUT2D eigenvalue weighted by atomic mass is 10.2. The number of nitrogens with zero attached hydrogens (tertiary/aromatic N) is 3. The van der Waals surface area contributed by atoms with Crippen LogP contribution in [0.1, 0.15) is 11.1 Å². The van der Waals surface area contributed by atoms with Crippen molar-refractivity contribution in [3.05, 3.63) is 63.5 Å². The fourth-order valence-electron chi connectivity index (χ4n) is 1.63. The second-order valence-electron chi connectivity index (χ2n) is 3.88. The highest BCUT2D eigenvalue weighted by molar-refractivity contribution is 5.55. The number of hydrogen-bond donors (Lipinski definition) is 0. The molecule has 0 saturated carbocycles. The maximum atomic E-state index is 13.5. The molecule has 102 valence electrons. The van der Waals surface area contributed by atoms with Crippen LogP contribution >= 0.6 is 0 Å². The molecule has 0 aromatic heterocycles. The van der Waals surface area contributed by atoms with Crippen molar-refractivity contribution in [2.24, 2.45) is 0 Å². The van der Waals surface area contributed by atoms with E-state index in [1.807, 2.05) is 0 Å². The van der Waals surface area contributed by atoms with Crippen molar-refractivity contribution in [3.8, 4) is 23.6 Å². The average Bonchev–Trinajstić information content (AvgIpc) is 2.47. The summed E-state index contributed by atoms with van der Waals surface area (Å²) in [5.41, 5.74) is -0.702. The van der Waals surface area contributed by atoms with Crippen molar-refractivity contribution >= 4 is 5.69 Å². The van der Waals surface area contributed by atoms with E-state index in [2.05, 4.69) is 0 Å². The van der Waals surface area contributed by atoms with Crippen LogP contribution in [0.15, 0.2) is 36.4 Å². The molecule has 21 heavy (non-hydrogen) atoms. The topological polar surface area (TPSA) is 99.9 Å². The minimum atomic E-state index is -0.786. The Balaban J connectivity index is 2.51. The van der Waals surface area contributed by atoms with Crippen LogP contribution in [0.2, 0.25) is 0 Å². The average molecular weight is 283 g/mol. The highest BCUT2D eigenvalue weighted by Gasteiger charge is 2.19. The Morgan fingerprint density at radius 1 is 1.14 bits per heavy atom. The number of rotatable bonds is 3. The molecule has 0 atom stereocenters. The Bertz CT molecular complexity index is 806. The Labute approximate surface area is 118 Å².